The topological polar surface area (TPSA) is 65.8 Å². The molecule has 0 bridgehead atoms. The number of aryl methyl sites for hydroxylation is 1. The second kappa shape index (κ2) is 7.04. The molecule has 1 amide bonds. The highest BCUT2D eigenvalue weighted by Crippen LogP contribution is 2.40. The van der Waals surface area contributed by atoms with E-state index in [1.54, 1.807) is 35.0 Å². The van der Waals surface area contributed by atoms with Crippen LogP contribution in [0.4, 0.5) is 0 Å². The highest BCUT2D eigenvalue weighted by molar-refractivity contribution is 5.98. The number of rotatable bonds is 6. The Morgan fingerprint density at radius 1 is 1.13 bits per heavy atom. The van der Waals surface area contributed by atoms with Gasteiger partial charge in [-0.05, 0) is 18.2 Å². The first-order valence-corrected chi connectivity index (χ1v) is 7.04. The molecule has 0 N–H and O–H groups in total. The molecule has 1 aromatic carbocycles. The van der Waals surface area contributed by atoms with Crippen LogP contribution < -0.4 is 14.2 Å². The van der Waals surface area contributed by atoms with Gasteiger partial charge in [0, 0.05) is 20.3 Å². The van der Waals surface area contributed by atoms with E-state index in [0.29, 0.717) is 29.4 Å². The summed E-state index contributed by atoms with van der Waals surface area (Å²) in [6.07, 6.45) is 1.70. The monoisotopic (exact) mass is 319 g/mol. The molecule has 7 heteroatoms. The van der Waals surface area contributed by atoms with Crippen molar-refractivity contribution in [3.8, 4) is 17.2 Å². The fourth-order valence-corrected chi connectivity index (χ4v) is 2.35. The van der Waals surface area contributed by atoms with Crippen molar-refractivity contribution in [2.75, 3.05) is 28.4 Å². The Hall–Kier alpha value is -2.70. The lowest BCUT2D eigenvalue weighted by Crippen LogP contribution is -2.27. The Bertz CT molecular complexity index is 697. The Morgan fingerprint density at radius 3 is 2.35 bits per heavy atom. The predicted molar refractivity (Wildman–Crippen MR) is 85.1 cm³/mol. The quantitative estimate of drug-likeness (QED) is 0.811. The number of carbonyl (C=O) groups is 1. The van der Waals surface area contributed by atoms with Crippen LogP contribution in [0.1, 0.15) is 16.1 Å². The van der Waals surface area contributed by atoms with Crippen LogP contribution in [0.15, 0.2) is 24.4 Å². The average molecular weight is 319 g/mol. The molecule has 23 heavy (non-hydrogen) atoms. The number of aromatic nitrogens is 2. The number of methoxy groups -OCH3 is 3. The molecule has 1 aromatic heterocycles. The van der Waals surface area contributed by atoms with Crippen molar-refractivity contribution >= 4 is 5.91 Å². The average Bonchev–Trinajstić information content (AvgIpc) is 2.97. The fraction of sp³-hybridized carbons (Fsp3) is 0.375. The summed E-state index contributed by atoms with van der Waals surface area (Å²) >= 11 is 0. The maximum Gasteiger partial charge on any atom is 0.257 e. The van der Waals surface area contributed by atoms with Gasteiger partial charge in [-0.1, -0.05) is 0 Å². The number of carbonyl (C=O) groups excluding carboxylic acids is 1. The number of ether oxygens (including phenoxy) is 3. The number of hydrogen-bond acceptors (Lipinski definition) is 5. The molecule has 0 saturated heterocycles. The molecule has 0 spiro atoms. The predicted octanol–water partition coefficient (Wildman–Crippen LogP) is 1.72. The Labute approximate surface area is 135 Å². The second-order valence-electron chi connectivity index (χ2n) is 4.99. The largest absolute Gasteiger partial charge is 0.493 e. The highest BCUT2D eigenvalue weighted by Gasteiger charge is 2.23. The SMILES string of the molecule is COc1ccc(C(=O)N(C)Cc2ccnn2C)c(OC)c1OC. The first kappa shape index (κ1) is 16.7. The van der Waals surface area contributed by atoms with Gasteiger partial charge >= 0.3 is 0 Å². The fourth-order valence-electron chi connectivity index (χ4n) is 2.35. The van der Waals surface area contributed by atoms with Gasteiger partial charge in [-0.25, -0.2) is 0 Å². The van der Waals surface area contributed by atoms with E-state index in [-0.39, 0.29) is 5.91 Å². The van der Waals surface area contributed by atoms with Gasteiger partial charge in [0.05, 0.1) is 39.1 Å². The molecule has 1 heterocycles. The summed E-state index contributed by atoms with van der Waals surface area (Å²) in [7, 11) is 8.10. The molecule has 0 aliphatic rings. The number of benzene rings is 1. The van der Waals surface area contributed by atoms with Gasteiger partial charge in [0.15, 0.2) is 11.5 Å². The molecule has 7 nitrogen and oxygen atoms in total. The number of hydrogen-bond donors (Lipinski definition) is 0. The summed E-state index contributed by atoms with van der Waals surface area (Å²) in [5.41, 5.74) is 1.34. The molecular formula is C16H21N3O4. The third-order valence-electron chi connectivity index (χ3n) is 3.60. The molecule has 0 unspecified atom stereocenters. The van der Waals surface area contributed by atoms with Crippen molar-refractivity contribution in [3.63, 3.8) is 0 Å². The van der Waals surface area contributed by atoms with E-state index in [9.17, 15) is 4.79 Å². The van der Waals surface area contributed by atoms with E-state index in [1.807, 2.05) is 13.1 Å². The van der Waals surface area contributed by atoms with Crippen molar-refractivity contribution in [2.45, 2.75) is 6.54 Å². The van der Waals surface area contributed by atoms with Crippen LogP contribution in [0.2, 0.25) is 0 Å². The van der Waals surface area contributed by atoms with Gasteiger partial charge in [0.25, 0.3) is 5.91 Å². The normalized spacial score (nSPS) is 10.3. The first-order chi connectivity index (χ1) is 11.0. The standard InChI is InChI=1S/C16H21N3O4/c1-18(10-11-8-9-17-19(11)2)16(20)12-6-7-13(21-3)15(23-5)14(12)22-4/h6-9H,10H2,1-5H3. The molecule has 124 valence electrons. The van der Waals surface area contributed by atoms with Gasteiger partial charge in [-0.15, -0.1) is 0 Å². The van der Waals surface area contributed by atoms with Crippen molar-refractivity contribution in [1.82, 2.24) is 14.7 Å². The molecule has 2 rings (SSSR count). The van der Waals surface area contributed by atoms with Crippen LogP contribution in [-0.2, 0) is 13.6 Å². The minimum atomic E-state index is -0.177. The van der Waals surface area contributed by atoms with Gasteiger partial charge in [0.2, 0.25) is 5.75 Å². The van der Waals surface area contributed by atoms with E-state index in [0.717, 1.165) is 5.69 Å². The minimum Gasteiger partial charge on any atom is -0.493 e. The van der Waals surface area contributed by atoms with Crippen LogP contribution in [0, 0.1) is 0 Å². The Morgan fingerprint density at radius 2 is 1.83 bits per heavy atom. The van der Waals surface area contributed by atoms with Crippen LogP contribution in [-0.4, -0.2) is 49.0 Å². The smallest absolute Gasteiger partial charge is 0.257 e. The summed E-state index contributed by atoms with van der Waals surface area (Å²) in [5, 5.41) is 4.10. The maximum absolute atomic E-state index is 12.7. The van der Waals surface area contributed by atoms with Crippen molar-refractivity contribution in [1.29, 1.82) is 0 Å². The van der Waals surface area contributed by atoms with Crippen molar-refractivity contribution in [3.05, 3.63) is 35.7 Å². The van der Waals surface area contributed by atoms with E-state index in [2.05, 4.69) is 5.10 Å². The molecule has 0 radical (unpaired) electrons. The van der Waals surface area contributed by atoms with Gasteiger partial charge in [0.1, 0.15) is 0 Å². The lowest BCUT2D eigenvalue weighted by atomic mass is 10.1. The van der Waals surface area contributed by atoms with Gasteiger partial charge in [-0.2, -0.15) is 5.10 Å². The Kier molecular flexibility index (Phi) is 5.10. The van der Waals surface area contributed by atoms with E-state index in [4.69, 9.17) is 14.2 Å². The Balaban J connectivity index is 2.33. The minimum absolute atomic E-state index is 0.177. The van der Waals surface area contributed by atoms with Gasteiger partial charge in [-0.3, -0.25) is 9.48 Å². The third-order valence-corrected chi connectivity index (χ3v) is 3.60. The molecule has 0 saturated carbocycles. The first-order valence-electron chi connectivity index (χ1n) is 7.04. The molecule has 0 atom stereocenters. The van der Waals surface area contributed by atoms with E-state index >= 15 is 0 Å². The number of amides is 1. The molecule has 0 aliphatic heterocycles. The molecule has 0 fully saturated rings. The van der Waals surface area contributed by atoms with Crippen molar-refractivity contribution in [2.24, 2.45) is 7.05 Å². The third kappa shape index (κ3) is 3.23. The van der Waals surface area contributed by atoms with Crippen LogP contribution in [0.3, 0.4) is 0 Å². The molecular weight excluding hydrogens is 298 g/mol. The van der Waals surface area contributed by atoms with Crippen LogP contribution in [0.25, 0.3) is 0 Å². The lowest BCUT2D eigenvalue weighted by Gasteiger charge is -2.20. The summed E-state index contributed by atoms with van der Waals surface area (Å²) in [4.78, 5) is 14.3. The highest BCUT2D eigenvalue weighted by atomic mass is 16.5. The molecule has 2 aromatic rings. The van der Waals surface area contributed by atoms with Crippen LogP contribution >= 0.6 is 0 Å². The molecule has 0 aliphatic carbocycles. The van der Waals surface area contributed by atoms with E-state index < -0.39 is 0 Å². The van der Waals surface area contributed by atoms with Crippen LogP contribution in [0.5, 0.6) is 17.2 Å². The summed E-state index contributed by atoms with van der Waals surface area (Å²) < 4.78 is 17.7. The van der Waals surface area contributed by atoms with Crippen molar-refractivity contribution < 1.29 is 19.0 Å². The second-order valence-corrected chi connectivity index (χ2v) is 4.99. The zero-order valence-electron chi connectivity index (χ0n) is 14.0. The van der Waals surface area contributed by atoms with E-state index in [1.165, 1.54) is 21.3 Å². The summed E-state index contributed by atoms with van der Waals surface area (Å²) in [5.74, 6) is 1.09. The number of nitrogens with zero attached hydrogens (tertiary/aromatic N) is 3. The van der Waals surface area contributed by atoms with Gasteiger partial charge < -0.3 is 19.1 Å². The maximum atomic E-state index is 12.7. The zero-order valence-corrected chi connectivity index (χ0v) is 14.0. The summed E-state index contributed by atoms with van der Waals surface area (Å²) in [6.45, 7) is 0.437. The zero-order chi connectivity index (χ0) is 17.0. The lowest BCUT2D eigenvalue weighted by molar-refractivity contribution is 0.0778. The summed E-state index contributed by atoms with van der Waals surface area (Å²) in [6, 6.07) is 5.23.